The third kappa shape index (κ3) is 3.88. The molecular weight excluding hydrogens is 482 g/mol. The summed E-state index contributed by atoms with van der Waals surface area (Å²) in [7, 11) is 3.08. The maximum absolute atomic E-state index is 13.8. The second kappa shape index (κ2) is 9.14. The van der Waals surface area contributed by atoms with Gasteiger partial charge in [0.25, 0.3) is 0 Å². The number of nitrogens with two attached hydrogens (primary N) is 1. The number of nitrogens with zero attached hydrogens (tertiary/aromatic N) is 2. The van der Waals surface area contributed by atoms with Crippen molar-refractivity contribution in [3.63, 3.8) is 0 Å². The molecule has 3 aliphatic carbocycles. The SMILES string of the molecule is CC(=NOC(C)C)c1ccc(O)c2c1C[C@H]1C[C@H]3[C@H](N(C)C)C(=O)C(C(N)=O)C(=O)[C@@]3(O)C(=O)C1C2=O. The number of amides is 1. The number of phenols is 1. The van der Waals surface area contributed by atoms with E-state index in [1.807, 2.05) is 13.8 Å². The second-order valence-corrected chi connectivity index (χ2v) is 10.6. The number of primary amides is 1. The predicted octanol–water partition coefficient (Wildman–Crippen LogP) is 0.0160. The highest BCUT2D eigenvalue weighted by atomic mass is 16.6. The molecule has 37 heavy (non-hydrogen) atoms. The molecule has 6 atom stereocenters. The molecule has 0 radical (unpaired) electrons. The number of oxime groups is 1. The number of Topliss-reactive ketones (excluding diaryl/α,β-unsaturated/α-hetero) is 4. The summed E-state index contributed by atoms with van der Waals surface area (Å²) in [6, 6.07) is 1.79. The summed E-state index contributed by atoms with van der Waals surface area (Å²) in [5.74, 6) is -10.8. The molecule has 198 valence electrons. The first-order valence-corrected chi connectivity index (χ1v) is 12.1. The van der Waals surface area contributed by atoms with Gasteiger partial charge in [-0.25, -0.2) is 0 Å². The van der Waals surface area contributed by atoms with Gasteiger partial charge in [-0.05, 0) is 71.3 Å². The van der Waals surface area contributed by atoms with Gasteiger partial charge >= 0.3 is 0 Å². The Morgan fingerprint density at radius 3 is 2.41 bits per heavy atom. The first-order chi connectivity index (χ1) is 17.2. The maximum atomic E-state index is 13.8. The minimum absolute atomic E-state index is 0.0162. The van der Waals surface area contributed by atoms with Gasteiger partial charge in [-0.3, -0.25) is 28.9 Å². The highest BCUT2D eigenvalue weighted by Gasteiger charge is 2.69. The zero-order chi connectivity index (χ0) is 27.6. The van der Waals surface area contributed by atoms with E-state index in [-0.39, 0.29) is 30.3 Å². The van der Waals surface area contributed by atoms with Gasteiger partial charge in [0.05, 0.1) is 23.2 Å². The number of ketones is 4. The molecule has 2 unspecified atom stereocenters. The normalized spacial score (nSPS) is 31.8. The Morgan fingerprint density at radius 2 is 1.84 bits per heavy atom. The number of fused-ring (bicyclic) bond motifs is 3. The quantitative estimate of drug-likeness (QED) is 0.278. The highest BCUT2D eigenvalue weighted by molar-refractivity contribution is 6.32. The molecule has 1 amide bonds. The Balaban J connectivity index is 1.85. The van der Waals surface area contributed by atoms with Crippen LogP contribution in [0.4, 0.5) is 0 Å². The third-order valence-electron chi connectivity index (χ3n) is 7.74. The lowest BCUT2D eigenvalue weighted by Gasteiger charge is -2.52. The second-order valence-electron chi connectivity index (χ2n) is 10.6. The lowest BCUT2D eigenvalue weighted by Crippen LogP contribution is -2.74. The van der Waals surface area contributed by atoms with Crippen molar-refractivity contribution >= 4 is 34.8 Å². The Bertz CT molecular complexity index is 1250. The number of carbonyl (C=O) groups is 5. The van der Waals surface area contributed by atoms with Gasteiger partial charge in [-0.1, -0.05) is 5.16 Å². The van der Waals surface area contributed by atoms with Gasteiger partial charge in [0.2, 0.25) is 5.91 Å². The van der Waals surface area contributed by atoms with Crippen molar-refractivity contribution in [1.82, 2.24) is 4.90 Å². The van der Waals surface area contributed by atoms with Crippen LogP contribution in [0, 0.1) is 23.7 Å². The first kappa shape index (κ1) is 26.6. The minimum Gasteiger partial charge on any atom is -0.507 e. The Hall–Kier alpha value is -3.44. The van der Waals surface area contributed by atoms with Crippen LogP contribution in [0.2, 0.25) is 0 Å². The maximum Gasteiger partial charge on any atom is 0.235 e. The van der Waals surface area contributed by atoms with E-state index in [0.717, 1.165) is 0 Å². The van der Waals surface area contributed by atoms with E-state index in [1.165, 1.54) is 11.0 Å². The lowest BCUT2D eigenvalue weighted by molar-refractivity contribution is -0.181. The molecular formula is C26H31N3O8. The van der Waals surface area contributed by atoms with E-state index in [4.69, 9.17) is 10.6 Å². The topological polar surface area (TPSA) is 177 Å². The molecule has 0 bridgehead atoms. The number of aromatic hydroxyl groups is 1. The summed E-state index contributed by atoms with van der Waals surface area (Å²) < 4.78 is 0. The summed E-state index contributed by atoms with van der Waals surface area (Å²) in [5, 5.41) is 26.3. The molecule has 0 heterocycles. The van der Waals surface area contributed by atoms with Crippen LogP contribution in [0.3, 0.4) is 0 Å². The molecule has 11 heteroatoms. The fourth-order valence-corrected chi connectivity index (χ4v) is 6.18. The van der Waals surface area contributed by atoms with Crippen molar-refractivity contribution in [2.45, 2.75) is 51.4 Å². The first-order valence-electron chi connectivity index (χ1n) is 12.1. The smallest absolute Gasteiger partial charge is 0.235 e. The molecule has 3 aliphatic rings. The van der Waals surface area contributed by atoms with Crippen LogP contribution < -0.4 is 5.73 Å². The monoisotopic (exact) mass is 513 g/mol. The van der Waals surface area contributed by atoms with Crippen LogP contribution in [0.5, 0.6) is 5.75 Å². The largest absolute Gasteiger partial charge is 0.507 e. The summed E-state index contributed by atoms with van der Waals surface area (Å²) in [6.45, 7) is 5.31. The number of aliphatic hydroxyl groups is 1. The molecule has 0 aliphatic heterocycles. The number of hydrogen-bond acceptors (Lipinski definition) is 10. The fourth-order valence-electron chi connectivity index (χ4n) is 6.18. The van der Waals surface area contributed by atoms with Crippen molar-refractivity contribution in [1.29, 1.82) is 0 Å². The highest BCUT2D eigenvalue weighted by Crippen LogP contribution is 2.51. The molecule has 4 rings (SSSR count). The molecule has 1 aromatic rings. The number of carbonyl (C=O) groups excluding carboxylic acids is 5. The average Bonchev–Trinajstić information content (AvgIpc) is 2.79. The Kier molecular flexibility index (Phi) is 6.58. The van der Waals surface area contributed by atoms with Gasteiger partial charge in [-0.15, -0.1) is 0 Å². The van der Waals surface area contributed by atoms with Crippen LogP contribution in [-0.4, -0.2) is 81.7 Å². The molecule has 0 aromatic heterocycles. The molecule has 0 spiro atoms. The van der Waals surface area contributed by atoms with Gasteiger partial charge in [-0.2, -0.15) is 0 Å². The van der Waals surface area contributed by atoms with E-state index in [9.17, 15) is 34.2 Å². The number of likely N-dealkylation sites (N-methyl/N-ethyl adjacent to an activating group) is 1. The Labute approximate surface area is 213 Å². The summed E-state index contributed by atoms with van der Waals surface area (Å²) in [4.78, 5) is 72.7. The average molecular weight is 514 g/mol. The Morgan fingerprint density at radius 1 is 1.19 bits per heavy atom. The molecule has 11 nitrogen and oxygen atoms in total. The standard InChI is InChI=1S/C26H31N3O8/c1-10(2)37-28-11(3)13-6-7-16(30)18-14(13)8-12-9-15-20(29(4)5)22(32)19(25(27)35)24(34)26(15,36)23(33)17(12)21(18)31/h6-7,10,12,15,17,19-20,30,36H,8-9H2,1-5H3,(H2,27,35)/t12-,15-,17?,19?,20-,26-/m0/s1. The van der Waals surface area contributed by atoms with Gasteiger partial charge in [0.15, 0.2) is 34.7 Å². The van der Waals surface area contributed by atoms with Gasteiger partial charge in [0.1, 0.15) is 11.9 Å². The van der Waals surface area contributed by atoms with Gasteiger partial charge in [0, 0.05) is 11.5 Å². The molecule has 2 fully saturated rings. The molecule has 2 saturated carbocycles. The predicted molar refractivity (Wildman–Crippen MR) is 130 cm³/mol. The number of hydrogen-bond donors (Lipinski definition) is 3. The van der Waals surface area contributed by atoms with Crippen molar-refractivity contribution in [2.24, 2.45) is 34.6 Å². The van der Waals surface area contributed by atoms with E-state index < -0.39 is 64.4 Å². The minimum atomic E-state index is -2.74. The van der Waals surface area contributed by atoms with Crippen molar-refractivity contribution in [2.75, 3.05) is 14.1 Å². The number of benzene rings is 1. The van der Waals surface area contributed by atoms with Gasteiger partial charge < -0.3 is 20.8 Å². The molecule has 1 aromatic carbocycles. The van der Waals surface area contributed by atoms with Crippen molar-refractivity contribution in [3.05, 3.63) is 28.8 Å². The van der Waals surface area contributed by atoms with Crippen LogP contribution in [0.25, 0.3) is 0 Å². The van der Waals surface area contributed by atoms with Crippen LogP contribution in [0.15, 0.2) is 17.3 Å². The van der Waals surface area contributed by atoms with E-state index >= 15 is 0 Å². The summed E-state index contributed by atoms with van der Waals surface area (Å²) in [5.41, 5.74) is 4.00. The number of phenolic OH excluding ortho intramolecular Hbond substituents is 1. The zero-order valence-corrected chi connectivity index (χ0v) is 21.3. The van der Waals surface area contributed by atoms with E-state index in [2.05, 4.69) is 5.16 Å². The van der Waals surface area contributed by atoms with Crippen LogP contribution in [0.1, 0.15) is 48.7 Å². The van der Waals surface area contributed by atoms with Crippen molar-refractivity contribution < 1.29 is 39.0 Å². The summed E-state index contributed by atoms with van der Waals surface area (Å²) >= 11 is 0. The van der Waals surface area contributed by atoms with Crippen LogP contribution in [-0.2, 0) is 30.4 Å². The van der Waals surface area contributed by atoms with E-state index in [0.29, 0.717) is 16.8 Å². The molecule has 4 N–H and O–H groups in total. The van der Waals surface area contributed by atoms with Crippen LogP contribution >= 0.6 is 0 Å². The zero-order valence-electron chi connectivity index (χ0n) is 21.3. The number of rotatable bonds is 5. The van der Waals surface area contributed by atoms with E-state index in [1.54, 1.807) is 27.1 Å². The summed E-state index contributed by atoms with van der Waals surface area (Å²) in [6.07, 6.45) is -0.0435. The molecule has 0 saturated heterocycles. The lowest BCUT2D eigenvalue weighted by atomic mass is 9.52. The fraction of sp³-hybridized carbons (Fsp3) is 0.538. The van der Waals surface area contributed by atoms with Crippen molar-refractivity contribution in [3.8, 4) is 5.75 Å². The third-order valence-corrected chi connectivity index (χ3v) is 7.74.